The SMILES string of the molecule is O=C(O)c1ccc(N2CCC3(CC2)CN(C2CCCC=C2c2ccc(Cl)cc2)C3)cc1Oc1cnc2[nH]ccc2c1. The van der Waals surface area contributed by atoms with Gasteiger partial charge in [-0.05, 0) is 85.1 Å². The van der Waals surface area contributed by atoms with E-state index in [4.69, 9.17) is 16.3 Å². The number of piperidine rings is 1. The van der Waals surface area contributed by atoms with Crippen LogP contribution in [0.2, 0.25) is 5.02 Å². The number of nitrogens with zero attached hydrogens (tertiary/aromatic N) is 3. The van der Waals surface area contributed by atoms with E-state index in [1.807, 2.05) is 42.6 Å². The maximum atomic E-state index is 12.0. The molecule has 1 aliphatic carbocycles. The zero-order chi connectivity index (χ0) is 28.0. The molecule has 4 heterocycles. The predicted octanol–water partition coefficient (Wildman–Crippen LogP) is 7.25. The largest absolute Gasteiger partial charge is 0.478 e. The Morgan fingerprint density at radius 2 is 1.88 bits per heavy atom. The lowest BCUT2D eigenvalue weighted by Gasteiger charge is -2.57. The van der Waals surface area contributed by atoms with Gasteiger partial charge in [-0.25, -0.2) is 9.78 Å². The highest BCUT2D eigenvalue weighted by molar-refractivity contribution is 6.30. The van der Waals surface area contributed by atoms with Crippen LogP contribution in [0.3, 0.4) is 0 Å². The van der Waals surface area contributed by atoms with Crippen LogP contribution < -0.4 is 9.64 Å². The van der Waals surface area contributed by atoms with Gasteiger partial charge in [0.2, 0.25) is 0 Å². The van der Waals surface area contributed by atoms with E-state index in [2.05, 4.69) is 38.0 Å². The predicted molar refractivity (Wildman–Crippen MR) is 162 cm³/mol. The van der Waals surface area contributed by atoms with E-state index in [1.165, 1.54) is 24.0 Å². The van der Waals surface area contributed by atoms with Crippen molar-refractivity contribution in [3.05, 3.63) is 89.2 Å². The average molecular weight is 569 g/mol. The lowest BCUT2D eigenvalue weighted by molar-refractivity contribution is -0.0358. The van der Waals surface area contributed by atoms with E-state index in [0.717, 1.165) is 67.2 Å². The number of nitrogens with one attached hydrogen (secondary N) is 1. The summed E-state index contributed by atoms with van der Waals surface area (Å²) in [6.07, 6.45) is 11.7. The molecule has 1 unspecified atom stereocenters. The molecule has 3 aliphatic rings. The van der Waals surface area contributed by atoms with E-state index in [-0.39, 0.29) is 5.56 Å². The molecule has 2 aromatic carbocycles. The summed E-state index contributed by atoms with van der Waals surface area (Å²) in [7, 11) is 0. The van der Waals surface area contributed by atoms with Gasteiger partial charge in [-0.15, -0.1) is 0 Å². The smallest absolute Gasteiger partial charge is 0.339 e. The number of halogens is 1. The van der Waals surface area contributed by atoms with E-state index in [0.29, 0.717) is 23.0 Å². The molecule has 0 bridgehead atoms. The molecule has 41 heavy (non-hydrogen) atoms. The Balaban J connectivity index is 1.02. The first-order valence-corrected chi connectivity index (χ1v) is 14.8. The molecule has 2 N–H and O–H groups in total. The van der Waals surface area contributed by atoms with Gasteiger partial charge in [-0.3, -0.25) is 4.90 Å². The number of carboxylic acid groups (broad SMARTS) is 1. The maximum Gasteiger partial charge on any atom is 0.339 e. The summed E-state index contributed by atoms with van der Waals surface area (Å²) in [5.74, 6) is -0.164. The molecule has 2 aromatic heterocycles. The number of carbonyl (C=O) groups is 1. The molecule has 0 radical (unpaired) electrons. The lowest BCUT2D eigenvalue weighted by Crippen LogP contribution is -2.63. The number of hydrogen-bond donors (Lipinski definition) is 2. The minimum atomic E-state index is -1.01. The van der Waals surface area contributed by atoms with Crippen molar-refractivity contribution in [2.75, 3.05) is 31.1 Å². The molecule has 7 rings (SSSR count). The number of fused-ring (bicyclic) bond motifs is 1. The van der Waals surface area contributed by atoms with Gasteiger partial charge in [-0.1, -0.05) is 29.8 Å². The Hall–Kier alpha value is -3.81. The van der Waals surface area contributed by atoms with Gasteiger partial charge in [-0.2, -0.15) is 0 Å². The second kappa shape index (κ2) is 10.5. The Labute approximate surface area is 244 Å². The molecule has 8 heteroatoms. The Morgan fingerprint density at radius 1 is 1.07 bits per heavy atom. The number of anilines is 1. The van der Waals surface area contributed by atoms with Crippen LogP contribution in [0.15, 0.2) is 73.1 Å². The van der Waals surface area contributed by atoms with Crippen molar-refractivity contribution < 1.29 is 14.6 Å². The summed E-state index contributed by atoms with van der Waals surface area (Å²) in [5.41, 5.74) is 5.01. The minimum Gasteiger partial charge on any atom is -0.478 e. The quantitative estimate of drug-likeness (QED) is 0.255. The van der Waals surface area contributed by atoms with Crippen LogP contribution in [-0.2, 0) is 0 Å². The van der Waals surface area contributed by atoms with Crippen LogP contribution in [0.5, 0.6) is 11.5 Å². The first-order valence-electron chi connectivity index (χ1n) is 14.4. The highest BCUT2D eigenvalue weighted by atomic mass is 35.5. The van der Waals surface area contributed by atoms with Crippen molar-refractivity contribution in [3.63, 3.8) is 0 Å². The minimum absolute atomic E-state index is 0.142. The molecule has 2 fully saturated rings. The molecule has 2 aliphatic heterocycles. The molecule has 0 saturated carbocycles. The van der Waals surface area contributed by atoms with E-state index in [9.17, 15) is 9.90 Å². The monoisotopic (exact) mass is 568 g/mol. The molecule has 0 amide bonds. The van der Waals surface area contributed by atoms with Crippen molar-refractivity contribution in [2.45, 2.75) is 38.1 Å². The number of ether oxygens (including phenoxy) is 1. The van der Waals surface area contributed by atoms with Gasteiger partial charge in [0.05, 0.1) is 6.20 Å². The van der Waals surface area contributed by atoms with Crippen LogP contribution in [0.4, 0.5) is 5.69 Å². The molecular weight excluding hydrogens is 536 g/mol. The molecule has 1 spiro atoms. The summed E-state index contributed by atoms with van der Waals surface area (Å²) in [6, 6.07) is 18.0. The van der Waals surface area contributed by atoms with Crippen molar-refractivity contribution in [2.24, 2.45) is 5.41 Å². The van der Waals surface area contributed by atoms with Gasteiger partial charge in [0.1, 0.15) is 22.7 Å². The molecule has 7 nitrogen and oxygen atoms in total. The highest BCUT2D eigenvalue weighted by Crippen LogP contribution is 2.46. The average Bonchev–Trinajstić information content (AvgIpc) is 3.44. The van der Waals surface area contributed by atoms with Gasteiger partial charge in [0.25, 0.3) is 0 Å². The first kappa shape index (κ1) is 26.1. The van der Waals surface area contributed by atoms with Crippen LogP contribution in [0.1, 0.15) is 48.0 Å². The van der Waals surface area contributed by atoms with Crippen LogP contribution in [0.25, 0.3) is 16.6 Å². The highest BCUT2D eigenvalue weighted by Gasteiger charge is 2.47. The van der Waals surface area contributed by atoms with E-state index >= 15 is 0 Å². The zero-order valence-corrected chi connectivity index (χ0v) is 23.6. The maximum absolute atomic E-state index is 12.0. The molecule has 210 valence electrons. The summed E-state index contributed by atoms with van der Waals surface area (Å²) < 4.78 is 6.08. The van der Waals surface area contributed by atoms with Crippen molar-refractivity contribution in [1.82, 2.24) is 14.9 Å². The third-order valence-corrected chi connectivity index (χ3v) is 9.34. The number of aromatic amines is 1. The second-order valence-electron chi connectivity index (χ2n) is 11.7. The molecule has 2 saturated heterocycles. The van der Waals surface area contributed by atoms with Crippen molar-refractivity contribution >= 4 is 39.9 Å². The molecular formula is C33H33ClN4O3. The zero-order valence-electron chi connectivity index (χ0n) is 22.9. The number of benzene rings is 2. The summed E-state index contributed by atoms with van der Waals surface area (Å²) in [5, 5.41) is 11.5. The number of pyridine rings is 1. The van der Waals surface area contributed by atoms with Gasteiger partial charge < -0.3 is 19.7 Å². The Kier molecular flexibility index (Phi) is 6.72. The summed E-state index contributed by atoms with van der Waals surface area (Å²) in [4.78, 5) is 24.4. The van der Waals surface area contributed by atoms with Crippen LogP contribution in [-0.4, -0.2) is 58.2 Å². The van der Waals surface area contributed by atoms with Gasteiger partial charge >= 0.3 is 5.97 Å². The number of carboxylic acids is 1. The van der Waals surface area contributed by atoms with Gasteiger partial charge in [0, 0.05) is 60.6 Å². The number of aromatic nitrogens is 2. The number of hydrogen-bond acceptors (Lipinski definition) is 5. The molecule has 1 atom stereocenters. The number of H-pyrrole nitrogens is 1. The lowest BCUT2D eigenvalue weighted by atomic mass is 9.70. The Morgan fingerprint density at radius 3 is 2.66 bits per heavy atom. The second-order valence-corrected chi connectivity index (χ2v) is 12.1. The molecule has 4 aromatic rings. The number of allylic oxidation sites excluding steroid dienone is 1. The third kappa shape index (κ3) is 5.09. The van der Waals surface area contributed by atoms with Crippen LogP contribution in [0, 0.1) is 5.41 Å². The summed E-state index contributed by atoms with van der Waals surface area (Å²) in [6.45, 7) is 4.16. The van der Waals surface area contributed by atoms with Gasteiger partial charge in [0.15, 0.2) is 0 Å². The van der Waals surface area contributed by atoms with Crippen molar-refractivity contribution in [1.29, 1.82) is 0 Å². The normalized spacial score (nSPS) is 20.6. The fourth-order valence-corrected chi connectivity index (χ4v) is 6.98. The topological polar surface area (TPSA) is 81.7 Å². The number of aromatic carboxylic acids is 1. The van der Waals surface area contributed by atoms with Crippen molar-refractivity contribution in [3.8, 4) is 11.5 Å². The summed E-state index contributed by atoms with van der Waals surface area (Å²) >= 11 is 6.15. The number of likely N-dealkylation sites (tertiary alicyclic amines) is 1. The number of rotatable bonds is 6. The Bertz CT molecular complexity index is 1610. The van der Waals surface area contributed by atoms with E-state index < -0.39 is 5.97 Å². The first-order chi connectivity index (χ1) is 20.0. The standard InChI is InChI=1S/C33H33ClN4O3/c34-24-7-5-22(6-8-24)27-3-1-2-4-29(27)38-20-33(21-38)12-15-37(16-13-33)25-9-10-28(32(39)40)30(18-25)41-26-17-23-11-14-35-31(23)36-19-26/h3,5-11,14,17-19,29H,1-2,4,12-13,15-16,20-21H2,(H,35,36)(H,39,40). The third-order valence-electron chi connectivity index (χ3n) is 9.09. The fraction of sp³-hybridized carbons (Fsp3) is 0.333. The van der Waals surface area contributed by atoms with E-state index in [1.54, 1.807) is 12.3 Å². The van der Waals surface area contributed by atoms with Crippen LogP contribution >= 0.6 is 11.6 Å². The fourth-order valence-electron chi connectivity index (χ4n) is 6.85.